The van der Waals surface area contributed by atoms with Crippen molar-refractivity contribution in [3.05, 3.63) is 85.1 Å². The number of phosphoric acid groups is 1. The van der Waals surface area contributed by atoms with Gasteiger partial charge < -0.3 is 18.9 Å². The maximum absolute atomic E-state index is 12.9. The van der Waals surface area contributed by atoms with Crippen LogP contribution in [0.15, 0.2) is 85.1 Å². The standard InChI is InChI=1S/C74H134NO8P/c1-6-8-10-12-14-16-18-20-22-24-26-28-30-32-34-35-36-37-38-39-41-43-45-47-49-51-53-55-57-59-61-63-65-67-74(77)83-72(71-82-84(78,79)81-69-68-75(3,4)5)70-80-73(76)66-64-62-60-58-56-54-52-50-48-46-44-42-40-33-31-29-27-25-23-21-19-17-15-13-11-9-7-2/h8,10,14,16,20,22,26,28,32,34,36-37,39,41,72H,6-7,9,11-13,15,17-19,21,23-25,27,29-31,33,35,38,40,42-71H2,1-5H3/p+1/b10-8-,16-14-,22-20-,28-26-,34-32-,37-36-,41-39-. The number of phosphoric ester groups is 1. The van der Waals surface area contributed by atoms with E-state index in [0.29, 0.717) is 23.9 Å². The van der Waals surface area contributed by atoms with Crippen molar-refractivity contribution in [2.24, 2.45) is 0 Å². The Morgan fingerprint density at radius 3 is 1.01 bits per heavy atom. The van der Waals surface area contributed by atoms with Crippen LogP contribution in [0, 0.1) is 0 Å². The molecule has 0 aliphatic heterocycles. The average molecular weight is 1200 g/mol. The molecule has 9 nitrogen and oxygen atoms in total. The first-order valence-electron chi connectivity index (χ1n) is 35.3. The van der Waals surface area contributed by atoms with Gasteiger partial charge in [0.1, 0.15) is 19.8 Å². The lowest BCUT2D eigenvalue weighted by Gasteiger charge is -2.24. The quantitative estimate of drug-likeness (QED) is 0.0211. The Hall–Kier alpha value is -2.81. The fraction of sp³-hybridized carbons (Fsp3) is 0.784. The second kappa shape index (κ2) is 64.7. The van der Waals surface area contributed by atoms with Crippen molar-refractivity contribution in [3.8, 4) is 0 Å². The van der Waals surface area contributed by atoms with E-state index in [0.717, 1.165) is 89.9 Å². The van der Waals surface area contributed by atoms with Crippen molar-refractivity contribution in [1.29, 1.82) is 0 Å². The fourth-order valence-corrected chi connectivity index (χ4v) is 10.8. The van der Waals surface area contributed by atoms with Crippen LogP contribution in [0.25, 0.3) is 0 Å². The molecule has 0 fully saturated rings. The SMILES string of the molecule is CC/C=C\C/C=C\C/C=C\C/C=C\C/C=C\C/C=C\C/C=C\CCCCCCCCCCCCCC(=O)OC(COC(=O)CCCCCCCCCCCCCCCCCCCCCCCCCCCCC)COP(=O)(O)OCC[N+](C)(C)C. The largest absolute Gasteiger partial charge is 0.472 e. The summed E-state index contributed by atoms with van der Waals surface area (Å²) in [5.41, 5.74) is 0. The van der Waals surface area contributed by atoms with Gasteiger partial charge in [0.25, 0.3) is 0 Å². The molecule has 0 aromatic heterocycles. The van der Waals surface area contributed by atoms with Crippen molar-refractivity contribution < 1.29 is 42.1 Å². The van der Waals surface area contributed by atoms with Crippen molar-refractivity contribution in [2.45, 2.75) is 328 Å². The first kappa shape index (κ1) is 81.2. The summed E-state index contributed by atoms with van der Waals surface area (Å²) in [4.78, 5) is 35.9. The topological polar surface area (TPSA) is 108 Å². The smallest absolute Gasteiger partial charge is 0.462 e. The Balaban J connectivity index is 4.05. The van der Waals surface area contributed by atoms with Crippen LogP contribution in [-0.4, -0.2) is 74.9 Å². The van der Waals surface area contributed by atoms with Crippen molar-refractivity contribution in [3.63, 3.8) is 0 Å². The van der Waals surface area contributed by atoms with Crippen LogP contribution in [0.5, 0.6) is 0 Å². The predicted octanol–water partition coefficient (Wildman–Crippen LogP) is 22.9. The molecule has 0 aromatic carbocycles. The lowest BCUT2D eigenvalue weighted by atomic mass is 10.0. The van der Waals surface area contributed by atoms with Gasteiger partial charge in [0, 0.05) is 12.8 Å². The molecule has 0 aromatic rings. The second-order valence-electron chi connectivity index (χ2n) is 24.9. The van der Waals surface area contributed by atoms with Crippen LogP contribution in [0.3, 0.4) is 0 Å². The van der Waals surface area contributed by atoms with E-state index >= 15 is 0 Å². The van der Waals surface area contributed by atoms with E-state index in [-0.39, 0.29) is 25.6 Å². The first-order chi connectivity index (χ1) is 41.0. The van der Waals surface area contributed by atoms with E-state index < -0.39 is 26.5 Å². The highest BCUT2D eigenvalue weighted by atomic mass is 31.2. The van der Waals surface area contributed by atoms with E-state index in [1.54, 1.807) is 0 Å². The zero-order valence-corrected chi connectivity index (χ0v) is 56.5. The first-order valence-corrected chi connectivity index (χ1v) is 36.8. The summed E-state index contributed by atoms with van der Waals surface area (Å²) in [5, 5.41) is 0. The van der Waals surface area contributed by atoms with E-state index in [4.69, 9.17) is 18.5 Å². The molecule has 0 amide bonds. The lowest BCUT2D eigenvalue weighted by molar-refractivity contribution is -0.870. The molecule has 2 atom stereocenters. The fourth-order valence-electron chi connectivity index (χ4n) is 10.1. The Morgan fingerprint density at radius 2 is 0.679 bits per heavy atom. The van der Waals surface area contributed by atoms with Gasteiger partial charge in [-0.2, -0.15) is 0 Å². The third kappa shape index (κ3) is 68.3. The number of esters is 2. The number of nitrogens with zero attached hydrogens (tertiary/aromatic N) is 1. The number of hydrogen-bond donors (Lipinski definition) is 1. The van der Waals surface area contributed by atoms with Gasteiger partial charge in [0.15, 0.2) is 6.10 Å². The minimum absolute atomic E-state index is 0.0299. The zero-order valence-electron chi connectivity index (χ0n) is 55.6. The van der Waals surface area contributed by atoms with Crippen molar-refractivity contribution >= 4 is 19.8 Å². The third-order valence-electron chi connectivity index (χ3n) is 15.4. The molecule has 0 aliphatic rings. The van der Waals surface area contributed by atoms with Gasteiger partial charge in [0.2, 0.25) is 0 Å². The van der Waals surface area contributed by atoms with E-state index in [1.165, 1.54) is 199 Å². The monoisotopic (exact) mass is 1200 g/mol. The molecule has 0 aliphatic carbocycles. The van der Waals surface area contributed by atoms with Crippen LogP contribution in [0.4, 0.5) is 0 Å². The van der Waals surface area contributed by atoms with Gasteiger partial charge >= 0.3 is 19.8 Å². The summed E-state index contributed by atoms with van der Waals surface area (Å²) >= 11 is 0. The van der Waals surface area contributed by atoms with Crippen LogP contribution in [0.1, 0.15) is 322 Å². The van der Waals surface area contributed by atoms with Crippen molar-refractivity contribution in [2.75, 3.05) is 47.5 Å². The number of carbonyl (C=O) groups excluding carboxylic acids is 2. The predicted molar refractivity (Wildman–Crippen MR) is 362 cm³/mol. The highest BCUT2D eigenvalue weighted by Crippen LogP contribution is 2.43. The third-order valence-corrected chi connectivity index (χ3v) is 16.4. The summed E-state index contributed by atoms with van der Waals surface area (Å²) in [6, 6.07) is 0. The Kier molecular flexibility index (Phi) is 62.5. The normalized spacial score (nSPS) is 13.6. The van der Waals surface area contributed by atoms with Crippen molar-refractivity contribution in [1.82, 2.24) is 0 Å². The molecule has 0 heterocycles. The molecule has 10 heteroatoms. The van der Waals surface area contributed by atoms with Gasteiger partial charge in [-0.15, -0.1) is 0 Å². The number of ether oxygens (including phenoxy) is 2. The van der Waals surface area contributed by atoms with Crippen LogP contribution < -0.4 is 0 Å². The minimum Gasteiger partial charge on any atom is -0.462 e. The van der Waals surface area contributed by atoms with Crippen LogP contribution >= 0.6 is 7.82 Å². The molecule has 1 N–H and O–H groups in total. The van der Waals surface area contributed by atoms with E-state index in [2.05, 4.69) is 98.9 Å². The summed E-state index contributed by atoms with van der Waals surface area (Å²) in [6.07, 6.45) is 88.3. The van der Waals surface area contributed by atoms with Crippen LogP contribution in [0.2, 0.25) is 0 Å². The van der Waals surface area contributed by atoms with Gasteiger partial charge in [-0.05, 0) is 70.6 Å². The number of allylic oxidation sites excluding steroid dienone is 14. The van der Waals surface area contributed by atoms with Crippen LogP contribution in [-0.2, 0) is 32.7 Å². The Bertz CT molecular complexity index is 1690. The number of carbonyl (C=O) groups is 2. The maximum atomic E-state index is 12.9. The number of quaternary nitrogens is 1. The lowest BCUT2D eigenvalue weighted by Crippen LogP contribution is -2.37. The molecule has 0 bridgehead atoms. The number of likely N-dealkylation sites (N-methyl/N-ethyl adjacent to an activating group) is 1. The summed E-state index contributed by atoms with van der Waals surface area (Å²) < 4.78 is 34.7. The molecular weight excluding hydrogens is 1060 g/mol. The molecule has 0 radical (unpaired) electrons. The van der Waals surface area contributed by atoms with Gasteiger partial charge in [-0.25, -0.2) is 4.57 Å². The van der Waals surface area contributed by atoms with E-state index in [1.807, 2.05) is 21.1 Å². The molecule has 0 saturated heterocycles. The maximum Gasteiger partial charge on any atom is 0.472 e. The number of unbranched alkanes of at least 4 members (excludes halogenated alkanes) is 37. The average Bonchev–Trinajstić information content (AvgIpc) is 3.61. The van der Waals surface area contributed by atoms with Gasteiger partial charge in [-0.1, -0.05) is 324 Å². The molecule has 84 heavy (non-hydrogen) atoms. The Labute approximate surface area is 520 Å². The van der Waals surface area contributed by atoms with Gasteiger partial charge in [-0.3, -0.25) is 18.6 Å². The molecular formula is C74H135NO8P+. The minimum atomic E-state index is -4.40. The number of rotatable bonds is 65. The van der Waals surface area contributed by atoms with E-state index in [9.17, 15) is 19.0 Å². The molecule has 2 unspecified atom stereocenters. The highest BCUT2D eigenvalue weighted by molar-refractivity contribution is 7.47. The number of hydrogen-bond acceptors (Lipinski definition) is 7. The Morgan fingerprint density at radius 1 is 0.381 bits per heavy atom. The highest BCUT2D eigenvalue weighted by Gasteiger charge is 2.27. The molecule has 0 rings (SSSR count). The summed E-state index contributed by atoms with van der Waals surface area (Å²) in [5.74, 6) is -0.789. The molecule has 0 saturated carbocycles. The second-order valence-corrected chi connectivity index (χ2v) is 26.4. The summed E-state index contributed by atoms with van der Waals surface area (Å²) in [6.45, 7) is 4.36. The van der Waals surface area contributed by atoms with Gasteiger partial charge in [0.05, 0.1) is 27.7 Å². The zero-order chi connectivity index (χ0) is 61.2. The molecule has 488 valence electrons. The summed E-state index contributed by atoms with van der Waals surface area (Å²) in [7, 11) is 1.48. The molecule has 0 spiro atoms.